The van der Waals surface area contributed by atoms with Crippen LogP contribution in [-0.4, -0.2) is 31.0 Å². The fourth-order valence-electron chi connectivity index (χ4n) is 2.37. The van der Waals surface area contributed by atoms with Crippen LogP contribution in [0.25, 0.3) is 11.3 Å². The summed E-state index contributed by atoms with van der Waals surface area (Å²) >= 11 is 0. The maximum absolute atomic E-state index is 12.2. The normalized spacial score (nSPS) is 18.7. The van der Waals surface area contributed by atoms with Gasteiger partial charge in [0.25, 0.3) is 0 Å². The van der Waals surface area contributed by atoms with Crippen molar-refractivity contribution >= 4 is 0 Å². The Kier molecular flexibility index (Phi) is 4.49. The highest BCUT2D eigenvalue weighted by molar-refractivity contribution is 5.60. The first-order valence-corrected chi connectivity index (χ1v) is 7.17. The predicted octanol–water partition coefficient (Wildman–Crippen LogP) is 3.31. The van der Waals surface area contributed by atoms with E-state index in [0.29, 0.717) is 24.4 Å². The molecule has 1 unspecified atom stereocenters. The molecule has 1 fully saturated rings. The number of aromatic nitrogens is 1. The van der Waals surface area contributed by atoms with Crippen LogP contribution in [0.15, 0.2) is 42.5 Å². The lowest BCUT2D eigenvalue weighted by Crippen LogP contribution is -2.33. The van der Waals surface area contributed by atoms with E-state index >= 15 is 0 Å². The number of morpholine rings is 1. The van der Waals surface area contributed by atoms with Gasteiger partial charge in [-0.2, -0.15) is 0 Å². The molecule has 0 spiro atoms. The molecule has 1 atom stereocenters. The topological polar surface area (TPSA) is 43.4 Å². The van der Waals surface area contributed by atoms with Gasteiger partial charge in [0, 0.05) is 18.7 Å². The number of benzene rings is 1. The van der Waals surface area contributed by atoms with E-state index in [0.717, 1.165) is 12.2 Å². The van der Waals surface area contributed by atoms with Crippen LogP contribution in [0.2, 0.25) is 0 Å². The van der Waals surface area contributed by atoms with Gasteiger partial charge < -0.3 is 14.8 Å². The average molecular weight is 324 g/mol. The lowest BCUT2D eigenvalue weighted by atomic mass is 10.1. The van der Waals surface area contributed by atoms with Crippen LogP contribution >= 0.6 is 0 Å². The molecule has 1 N–H and O–H groups in total. The molecule has 4 nitrogen and oxygen atoms in total. The molecule has 0 bridgehead atoms. The first-order valence-electron chi connectivity index (χ1n) is 7.17. The highest BCUT2D eigenvalue weighted by atomic mass is 19.4. The van der Waals surface area contributed by atoms with Crippen molar-refractivity contribution in [2.45, 2.75) is 12.5 Å². The third-order valence-corrected chi connectivity index (χ3v) is 3.41. The zero-order valence-corrected chi connectivity index (χ0v) is 12.1. The van der Waals surface area contributed by atoms with E-state index in [2.05, 4.69) is 15.0 Å². The highest BCUT2D eigenvalue weighted by Crippen LogP contribution is 2.27. The van der Waals surface area contributed by atoms with E-state index in [9.17, 15) is 13.2 Å². The first-order chi connectivity index (χ1) is 11.0. The van der Waals surface area contributed by atoms with Crippen molar-refractivity contribution in [1.82, 2.24) is 10.3 Å². The number of pyridine rings is 1. The fourth-order valence-corrected chi connectivity index (χ4v) is 2.37. The van der Waals surface area contributed by atoms with Gasteiger partial charge in [-0.3, -0.25) is 4.98 Å². The summed E-state index contributed by atoms with van der Waals surface area (Å²) in [6.45, 7) is 2.13. The highest BCUT2D eigenvalue weighted by Gasteiger charge is 2.31. The molecule has 2 aromatic rings. The van der Waals surface area contributed by atoms with E-state index in [4.69, 9.17) is 4.74 Å². The van der Waals surface area contributed by atoms with Crippen LogP contribution in [0.4, 0.5) is 13.2 Å². The molecule has 1 aromatic heterocycles. The smallest absolute Gasteiger partial charge is 0.406 e. The van der Waals surface area contributed by atoms with Crippen LogP contribution in [0, 0.1) is 0 Å². The zero-order chi connectivity index (χ0) is 16.3. The summed E-state index contributed by atoms with van der Waals surface area (Å²) in [6.07, 6.45) is -4.80. The van der Waals surface area contributed by atoms with E-state index in [1.54, 1.807) is 18.2 Å². The van der Waals surface area contributed by atoms with Gasteiger partial charge in [-0.1, -0.05) is 6.07 Å². The van der Waals surface area contributed by atoms with Gasteiger partial charge in [0.15, 0.2) is 0 Å². The van der Waals surface area contributed by atoms with E-state index in [1.807, 2.05) is 12.1 Å². The van der Waals surface area contributed by atoms with Crippen LogP contribution in [0.5, 0.6) is 5.75 Å². The molecule has 3 rings (SSSR count). The van der Waals surface area contributed by atoms with Gasteiger partial charge in [0.05, 0.1) is 18.0 Å². The summed E-state index contributed by atoms with van der Waals surface area (Å²) in [7, 11) is 0. The number of halogens is 3. The Bertz CT molecular complexity index is 653. The second kappa shape index (κ2) is 6.55. The lowest BCUT2D eigenvalue weighted by molar-refractivity contribution is -0.274. The average Bonchev–Trinajstić information content (AvgIpc) is 2.55. The molecular weight excluding hydrogens is 309 g/mol. The second-order valence-electron chi connectivity index (χ2n) is 5.08. The summed E-state index contributed by atoms with van der Waals surface area (Å²) in [5, 5.41) is 3.23. The number of rotatable bonds is 3. The van der Waals surface area contributed by atoms with Crippen LogP contribution in [0.1, 0.15) is 11.8 Å². The first kappa shape index (κ1) is 15.8. The Labute approximate surface area is 131 Å². The molecule has 1 aliphatic rings. The Hall–Kier alpha value is -2.12. The van der Waals surface area contributed by atoms with Gasteiger partial charge in [-0.05, 0) is 36.4 Å². The summed E-state index contributed by atoms with van der Waals surface area (Å²) in [5.41, 5.74) is 2.19. The largest absolute Gasteiger partial charge is 0.573 e. The summed E-state index contributed by atoms with van der Waals surface area (Å²) < 4.78 is 46.0. The number of ether oxygens (including phenoxy) is 2. The van der Waals surface area contributed by atoms with Crippen molar-refractivity contribution < 1.29 is 22.6 Å². The second-order valence-corrected chi connectivity index (χ2v) is 5.08. The standard InChI is InChI=1S/C16H15F3N2O2/c17-16(18,19)23-12-6-4-11(5-7-12)13-2-1-3-14(21-13)15-10-20-8-9-22-15/h1-7,15,20H,8-10H2. The SMILES string of the molecule is FC(F)(F)Oc1ccc(-c2cccc(C3CNCCO3)n2)cc1. The monoisotopic (exact) mass is 324 g/mol. The van der Waals surface area contributed by atoms with Crippen LogP contribution < -0.4 is 10.1 Å². The van der Waals surface area contributed by atoms with Gasteiger partial charge in [-0.25, -0.2) is 0 Å². The van der Waals surface area contributed by atoms with Crippen molar-refractivity contribution in [2.24, 2.45) is 0 Å². The number of hydrogen-bond acceptors (Lipinski definition) is 4. The zero-order valence-electron chi connectivity index (χ0n) is 12.1. The predicted molar refractivity (Wildman–Crippen MR) is 77.9 cm³/mol. The van der Waals surface area contributed by atoms with Gasteiger partial charge in [0.2, 0.25) is 0 Å². The number of nitrogens with zero attached hydrogens (tertiary/aromatic N) is 1. The van der Waals surface area contributed by atoms with Gasteiger partial charge in [0.1, 0.15) is 11.9 Å². The third-order valence-electron chi connectivity index (χ3n) is 3.41. The molecule has 1 aliphatic heterocycles. The van der Waals surface area contributed by atoms with E-state index in [1.165, 1.54) is 12.1 Å². The molecule has 1 saturated heterocycles. The van der Waals surface area contributed by atoms with E-state index in [-0.39, 0.29) is 11.9 Å². The molecule has 1 aromatic carbocycles. The number of hydrogen-bond donors (Lipinski definition) is 1. The fraction of sp³-hybridized carbons (Fsp3) is 0.312. The van der Waals surface area contributed by atoms with Gasteiger partial charge >= 0.3 is 6.36 Å². The van der Waals surface area contributed by atoms with Crippen molar-refractivity contribution in [3.63, 3.8) is 0 Å². The molecule has 0 saturated carbocycles. The summed E-state index contributed by atoms with van der Waals surface area (Å²) in [5.74, 6) is -0.253. The number of alkyl halides is 3. The van der Waals surface area contributed by atoms with Crippen LogP contribution in [-0.2, 0) is 4.74 Å². The molecule has 0 amide bonds. The number of nitrogens with one attached hydrogen (secondary N) is 1. The minimum Gasteiger partial charge on any atom is -0.406 e. The molecule has 0 aliphatic carbocycles. The quantitative estimate of drug-likeness (QED) is 0.941. The molecule has 122 valence electrons. The molecular formula is C16H15F3N2O2. The maximum atomic E-state index is 12.2. The Morgan fingerprint density at radius 1 is 1.13 bits per heavy atom. The van der Waals surface area contributed by atoms with Crippen molar-refractivity contribution in [3.8, 4) is 17.0 Å². The molecule has 0 radical (unpaired) electrons. The summed E-state index contributed by atoms with van der Waals surface area (Å²) in [4.78, 5) is 4.54. The Morgan fingerprint density at radius 3 is 2.57 bits per heavy atom. The molecule has 7 heteroatoms. The lowest BCUT2D eigenvalue weighted by Gasteiger charge is -2.23. The van der Waals surface area contributed by atoms with Crippen LogP contribution in [0.3, 0.4) is 0 Å². The van der Waals surface area contributed by atoms with Crippen molar-refractivity contribution in [1.29, 1.82) is 0 Å². The van der Waals surface area contributed by atoms with Crippen molar-refractivity contribution in [3.05, 3.63) is 48.2 Å². The minimum absolute atomic E-state index is 0.114. The Balaban J connectivity index is 1.78. The minimum atomic E-state index is -4.69. The third kappa shape index (κ3) is 4.20. The Morgan fingerprint density at radius 2 is 1.91 bits per heavy atom. The van der Waals surface area contributed by atoms with E-state index < -0.39 is 6.36 Å². The molecule has 23 heavy (non-hydrogen) atoms. The summed E-state index contributed by atoms with van der Waals surface area (Å²) in [6, 6.07) is 11.2. The molecule has 2 heterocycles. The van der Waals surface area contributed by atoms with Crippen molar-refractivity contribution in [2.75, 3.05) is 19.7 Å². The van der Waals surface area contributed by atoms with Gasteiger partial charge in [-0.15, -0.1) is 13.2 Å². The maximum Gasteiger partial charge on any atom is 0.573 e.